The van der Waals surface area contributed by atoms with Crippen molar-refractivity contribution in [1.29, 1.82) is 0 Å². The van der Waals surface area contributed by atoms with Crippen LogP contribution in [0.25, 0.3) is 0 Å². The Hall–Kier alpha value is -1.45. The van der Waals surface area contributed by atoms with E-state index < -0.39 is 10.0 Å². The van der Waals surface area contributed by atoms with E-state index in [1.165, 1.54) is 15.5 Å². The standard InChI is InChI=1S/C13H22N4O4S/c1-15(2)13(18)10-21-9-11-6-16-5-4-14-12(16)8-17(7-11)22(3,19)20/h4-5,11H,6-10H2,1-3H3. The average molecular weight is 330 g/mol. The highest BCUT2D eigenvalue weighted by Gasteiger charge is 2.27. The molecule has 8 nitrogen and oxygen atoms in total. The summed E-state index contributed by atoms with van der Waals surface area (Å²) in [5.74, 6) is 0.578. The molecule has 1 aromatic heterocycles. The van der Waals surface area contributed by atoms with Crippen molar-refractivity contribution < 1.29 is 17.9 Å². The number of carbonyl (C=O) groups is 1. The summed E-state index contributed by atoms with van der Waals surface area (Å²) in [5, 5.41) is 0. The highest BCUT2D eigenvalue weighted by Crippen LogP contribution is 2.18. The number of nitrogens with zero attached hydrogens (tertiary/aromatic N) is 4. The van der Waals surface area contributed by atoms with Gasteiger partial charge in [-0.25, -0.2) is 13.4 Å². The van der Waals surface area contributed by atoms with E-state index in [4.69, 9.17) is 4.74 Å². The van der Waals surface area contributed by atoms with Crippen molar-refractivity contribution in [3.05, 3.63) is 18.2 Å². The summed E-state index contributed by atoms with van der Waals surface area (Å²) in [6.45, 7) is 1.57. The fourth-order valence-electron chi connectivity index (χ4n) is 2.30. The zero-order valence-corrected chi connectivity index (χ0v) is 13.9. The van der Waals surface area contributed by atoms with Crippen LogP contribution in [0.15, 0.2) is 12.4 Å². The fourth-order valence-corrected chi connectivity index (χ4v) is 3.14. The third kappa shape index (κ3) is 4.28. The molecule has 2 heterocycles. The molecule has 22 heavy (non-hydrogen) atoms. The van der Waals surface area contributed by atoms with Gasteiger partial charge in [-0.05, 0) is 0 Å². The van der Waals surface area contributed by atoms with Gasteiger partial charge in [0.25, 0.3) is 0 Å². The van der Waals surface area contributed by atoms with Crippen molar-refractivity contribution in [1.82, 2.24) is 18.8 Å². The smallest absolute Gasteiger partial charge is 0.248 e. The van der Waals surface area contributed by atoms with E-state index in [1.807, 2.05) is 10.8 Å². The van der Waals surface area contributed by atoms with Gasteiger partial charge in [-0.15, -0.1) is 0 Å². The van der Waals surface area contributed by atoms with Crippen LogP contribution >= 0.6 is 0 Å². The first kappa shape index (κ1) is 16.9. The normalized spacial score (nSPS) is 19.5. The molecule has 1 aromatic rings. The van der Waals surface area contributed by atoms with Crippen LogP contribution in [0, 0.1) is 5.92 Å². The third-order valence-corrected chi connectivity index (χ3v) is 4.80. The van der Waals surface area contributed by atoms with E-state index in [0.717, 1.165) is 5.82 Å². The third-order valence-electron chi connectivity index (χ3n) is 3.58. The van der Waals surface area contributed by atoms with Crippen LogP contribution in [0.1, 0.15) is 5.82 Å². The van der Waals surface area contributed by atoms with E-state index in [9.17, 15) is 13.2 Å². The van der Waals surface area contributed by atoms with E-state index in [0.29, 0.717) is 19.7 Å². The Morgan fingerprint density at radius 2 is 2.18 bits per heavy atom. The first-order valence-electron chi connectivity index (χ1n) is 7.00. The number of imidazole rings is 1. The number of rotatable bonds is 5. The Balaban J connectivity index is 2.03. The number of likely N-dealkylation sites (N-methyl/N-ethyl adjacent to an activating group) is 1. The van der Waals surface area contributed by atoms with Crippen LogP contribution in [0.3, 0.4) is 0 Å². The van der Waals surface area contributed by atoms with Gasteiger partial charge >= 0.3 is 0 Å². The molecule has 2 rings (SSSR count). The van der Waals surface area contributed by atoms with Gasteiger partial charge in [-0.3, -0.25) is 4.79 Å². The lowest BCUT2D eigenvalue weighted by molar-refractivity contribution is -0.134. The summed E-state index contributed by atoms with van der Waals surface area (Å²) in [6, 6.07) is 0. The Morgan fingerprint density at radius 1 is 1.45 bits per heavy atom. The van der Waals surface area contributed by atoms with Crippen LogP contribution in [-0.4, -0.2) is 73.2 Å². The molecule has 1 atom stereocenters. The maximum atomic E-state index is 11.9. The minimum absolute atomic E-state index is 0.000833. The highest BCUT2D eigenvalue weighted by atomic mass is 32.2. The van der Waals surface area contributed by atoms with Gasteiger partial charge in [0.15, 0.2) is 0 Å². The zero-order valence-electron chi connectivity index (χ0n) is 13.1. The summed E-state index contributed by atoms with van der Waals surface area (Å²) >= 11 is 0. The second-order valence-corrected chi connectivity index (χ2v) is 7.70. The van der Waals surface area contributed by atoms with E-state index >= 15 is 0 Å². The molecule has 124 valence electrons. The molecule has 0 N–H and O–H groups in total. The highest BCUT2D eigenvalue weighted by molar-refractivity contribution is 7.88. The second-order valence-electron chi connectivity index (χ2n) is 5.72. The lowest BCUT2D eigenvalue weighted by Crippen LogP contribution is -2.35. The molecule has 0 spiro atoms. The molecule has 0 aromatic carbocycles. The van der Waals surface area contributed by atoms with Crippen molar-refractivity contribution in [2.24, 2.45) is 5.92 Å². The van der Waals surface area contributed by atoms with Crippen molar-refractivity contribution in [3.8, 4) is 0 Å². The fraction of sp³-hybridized carbons (Fsp3) is 0.692. The molecule has 1 aliphatic heterocycles. The zero-order chi connectivity index (χ0) is 16.3. The van der Waals surface area contributed by atoms with Crippen molar-refractivity contribution >= 4 is 15.9 Å². The maximum Gasteiger partial charge on any atom is 0.248 e. The number of sulfonamides is 1. The van der Waals surface area contributed by atoms with Crippen molar-refractivity contribution in [2.45, 2.75) is 13.1 Å². The molecule has 1 unspecified atom stereocenters. The molecule has 0 aliphatic carbocycles. The van der Waals surface area contributed by atoms with Gasteiger partial charge in [0.05, 0.1) is 19.4 Å². The predicted octanol–water partition coefficient (Wildman–Crippen LogP) is -0.621. The number of hydrogen-bond donors (Lipinski definition) is 0. The number of ether oxygens (including phenoxy) is 1. The Bertz CT molecular complexity index is 626. The molecule has 0 saturated heterocycles. The largest absolute Gasteiger partial charge is 0.371 e. The summed E-state index contributed by atoms with van der Waals surface area (Å²) in [6.07, 6.45) is 4.69. The molecule has 1 aliphatic rings. The molecular formula is C13H22N4O4S. The van der Waals surface area contributed by atoms with Crippen LogP contribution in [-0.2, 0) is 32.6 Å². The van der Waals surface area contributed by atoms with Crippen LogP contribution < -0.4 is 0 Å². The topological polar surface area (TPSA) is 84.7 Å². The van der Waals surface area contributed by atoms with E-state index in [2.05, 4.69) is 4.98 Å². The molecule has 9 heteroatoms. The van der Waals surface area contributed by atoms with E-state index in [-0.39, 0.29) is 25.0 Å². The van der Waals surface area contributed by atoms with Crippen LogP contribution in [0.2, 0.25) is 0 Å². The number of hydrogen-bond acceptors (Lipinski definition) is 5. The lowest BCUT2D eigenvalue weighted by atomic mass is 10.1. The monoisotopic (exact) mass is 330 g/mol. The Kier molecular flexibility index (Phi) is 5.20. The first-order valence-corrected chi connectivity index (χ1v) is 8.85. The van der Waals surface area contributed by atoms with Crippen LogP contribution in [0.4, 0.5) is 0 Å². The van der Waals surface area contributed by atoms with Gasteiger partial charge in [0.2, 0.25) is 15.9 Å². The SMILES string of the molecule is CN(C)C(=O)COCC1CN(S(C)(=O)=O)Cc2nccn2C1. The lowest BCUT2D eigenvalue weighted by Gasteiger charge is -2.22. The van der Waals surface area contributed by atoms with Gasteiger partial charge in [0.1, 0.15) is 12.4 Å². The molecule has 0 bridgehead atoms. The quantitative estimate of drug-likeness (QED) is 0.718. The average Bonchev–Trinajstić information content (AvgIpc) is 2.76. The number of aromatic nitrogens is 2. The molecule has 1 amide bonds. The summed E-state index contributed by atoms with van der Waals surface area (Å²) < 4.78 is 32.5. The Labute approximate surface area is 130 Å². The van der Waals surface area contributed by atoms with Gasteiger partial charge in [-0.2, -0.15) is 4.31 Å². The predicted molar refractivity (Wildman–Crippen MR) is 80.5 cm³/mol. The molecule has 0 fully saturated rings. The number of amides is 1. The maximum absolute atomic E-state index is 11.9. The number of fused-ring (bicyclic) bond motifs is 1. The minimum Gasteiger partial charge on any atom is -0.371 e. The van der Waals surface area contributed by atoms with E-state index in [1.54, 1.807) is 20.3 Å². The molecule has 0 saturated carbocycles. The van der Waals surface area contributed by atoms with Gasteiger partial charge in [0, 0.05) is 45.5 Å². The Morgan fingerprint density at radius 3 is 2.82 bits per heavy atom. The number of carbonyl (C=O) groups excluding carboxylic acids is 1. The second kappa shape index (κ2) is 6.76. The van der Waals surface area contributed by atoms with Crippen LogP contribution in [0.5, 0.6) is 0 Å². The summed E-state index contributed by atoms with van der Waals surface area (Å²) in [5.41, 5.74) is 0. The van der Waals surface area contributed by atoms with Crippen molar-refractivity contribution in [2.75, 3.05) is 40.1 Å². The summed E-state index contributed by atoms with van der Waals surface area (Å²) in [4.78, 5) is 17.2. The van der Waals surface area contributed by atoms with Gasteiger partial charge in [-0.1, -0.05) is 0 Å². The molecule has 0 radical (unpaired) electrons. The minimum atomic E-state index is -3.31. The first-order chi connectivity index (χ1) is 10.3. The van der Waals surface area contributed by atoms with Crippen molar-refractivity contribution in [3.63, 3.8) is 0 Å². The summed E-state index contributed by atoms with van der Waals surface area (Å²) in [7, 11) is 0.0261. The molecular weight excluding hydrogens is 308 g/mol. The van der Waals surface area contributed by atoms with Gasteiger partial charge < -0.3 is 14.2 Å².